The Morgan fingerprint density at radius 3 is 2.74 bits per heavy atom. The summed E-state index contributed by atoms with van der Waals surface area (Å²) < 4.78 is 18.1. The average molecular weight is 271 g/mol. The summed E-state index contributed by atoms with van der Waals surface area (Å²) in [5, 5.41) is 10.7. The Morgan fingerprint density at radius 1 is 1.58 bits per heavy atom. The standard InChI is InChI=1S/C11H14FN3O4/c1-11(14,10(13)16)4-5-19-9-6-7(12)2-3-8(9)15(17)18/h2-3,6H,4-5,14H2,1H3,(H2,13,16). The number of nitro benzene ring substituents is 1. The van der Waals surface area contributed by atoms with Crippen molar-refractivity contribution in [2.24, 2.45) is 11.5 Å². The number of amides is 1. The molecule has 1 atom stereocenters. The summed E-state index contributed by atoms with van der Waals surface area (Å²) in [7, 11) is 0. The number of hydrogen-bond donors (Lipinski definition) is 2. The van der Waals surface area contributed by atoms with Crippen LogP contribution in [0.25, 0.3) is 0 Å². The lowest BCUT2D eigenvalue weighted by atomic mass is 9.99. The molecule has 0 heterocycles. The van der Waals surface area contributed by atoms with Crippen LogP contribution < -0.4 is 16.2 Å². The van der Waals surface area contributed by atoms with Gasteiger partial charge >= 0.3 is 5.69 Å². The minimum atomic E-state index is -1.29. The summed E-state index contributed by atoms with van der Waals surface area (Å²) in [6, 6.07) is 2.86. The summed E-state index contributed by atoms with van der Waals surface area (Å²) in [5.41, 5.74) is 9.00. The number of nitrogens with two attached hydrogens (primary N) is 2. The van der Waals surface area contributed by atoms with E-state index in [4.69, 9.17) is 16.2 Å². The Bertz CT molecular complexity index is 505. The first-order valence-corrected chi connectivity index (χ1v) is 5.39. The number of ether oxygens (including phenoxy) is 1. The largest absolute Gasteiger partial charge is 0.487 e. The maximum atomic E-state index is 13.0. The zero-order chi connectivity index (χ0) is 14.6. The number of rotatable bonds is 6. The fourth-order valence-corrected chi connectivity index (χ4v) is 1.25. The molecule has 4 N–H and O–H groups in total. The highest BCUT2D eigenvalue weighted by molar-refractivity contribution is 5.83. The molecule has 1 aromatic rings. The Kier molecular flexibility index (Phi) is 4.38. The lowest BCUT2D eigenvalue weighted by Gasteiger charge is -2.20. The maximum absolute atomic E-state index is 13.0. The van der Waals surface area contributed by atoms with Crippen molar-refractivity contribution in [1.29, 1.82) is 0 Å². The van der Waals surface area contributed by atoms with Crippen molar-refractivity contribution in [2.75, 3.05) is 6.61 Å². The minimum absolute atomic E-state index is 0.0516. The van der Waals surface area contributed by atoms with Crippen LogP contribution in [-0.2, 0) is 4.79 Å². The summed E-state index contributed by atoms with van der Waals surface area (Å²) in [5.74, 6) is -1.60. The molecule has 1 aromatic carbocycles. The van der Waals surface area contributed by atoms with Crippen LogP contribution in [0.4, 0.5) is 10.1 Å². The fraction of sp³-hybridized carbons (Fsp3) is 0.364. The van der Waals surface area contributed by atoms with Crippen LogP contribution in [-0.4, -0.2) is 23.0 Å². The Hall–Kier alpha value is -2.22. The molecule has 0 radical (unpaired) electrons. The number of carbonyl (C=O) groups is 1. The van der Waals surface area contributed by atoms with Gasteiger partial charge in [0.25, 0.3) is 0 Å². The summed E-state index contributed by atoms with van der Waals surface area (Å²) in [4.78, 5) is 21.0. The van der Waals surface area contributed by atoms with Crippen molar-refractivity contribution in [2.45, 2.75) is 18.9 Å². The molecule has 0 saturated carbocycles. The number of carbonyl (C=O) groups excluding carboxylic acids is 1. The smallest absolute Gasteiger partial charge is 0.311 e. The van der Waals surface area contributed by atoms with Gasteiger partial charge in [0.05, 0.1) is 17.1 Å². The number of nitrogens with zero attached hydrogens (tertiary/aromatic N) is 1. The first-order valence-electron chi connectivity index (χ1n) is 5.39. The molecule has 0 bridgehead atoms. The highest BCUT2D eigenvalue weighted by Crippen LogP contribution is 2.27. The van der Waals surface area contributed by atoms with E-state index in [0.29, 0.717) is 0 Å². The van der Waals surface area contributed by atoms with Gasteiger partial charge in [0.1, 0.15) is 5.82 Å². The second-order valence-electron chi connectivity index (χ2n) is 4.25. The molecule has 0 aromatic heterocycles. The first kappa shape index (κ1) is 14.8. The zero-order valence-electron chi connectivity index (χ0n) is 10.3. The van der Waals surface area contributed by atoms with Gasteiger partial charge in [-0.25, -0.2) is 4.39 Å². The monoisotopic (exact) mass is 271 g/mol. The normalized spacial score (nSPS) is 13.6. The fourth-order valence-electron chi connectivity index (χ4n) is 1.25. The predicted octanol–water partition coefficient (Wildman–Crippen LogP) is 0.706. The summed E-state index contributed by atoms with van der Waals surface area (Å²) in [6.07, 6.45) is 0.0516. The van der Waals surface area contributed by atoms with E-state index in [1.807, 2.05) is 0 Å². The second-order valence-corrected chi connectivity index (χ2v) is 4.25. The van der Waals surface area contributed by atoms with E-state index in [0.717, 1.165) is 18.2 Å². The third-order valence-electron chi connectivity index (χ3n) is 2.56. The zero-order valence-corrected chi connectivity index (χ0v) is 10.3. The van der Waals surface area contributed by atoms with Crippen LogP contribution in [0.1, 0.15) is 13.3 Å². The molecule has 0 fully saturated rings. The third kappa shape index (κ3) is 3.88. The SMILES string of the molecule is CC(N)(CCOc1cc(F)ccc1[N+](=O)[O-])C(N)=O. The highest BCUT2D eigenvalue weighted by Gasteiger charge is 2.26. The van der Waals surface area contributed by atoms with Crippen molar-refractivity contribution >= 4 is 11.6 Å². The number of halogens is 1. The quantitative estimate of drug-likeness (QED) is 0.582. The molecule has 0 aliphatic heterocycles. The van der Waals surface area contributed by atoms with Crippen molar-refractivity contribution in [1.82, 2.24) is 0 Å². The van der Waals surface area contributed by atoms with Gasteiger partial charge in [0, 0.05) is 18.6 Å². The van der Waals surface area contributed by atoms with Gasteiger partial charge in [-0.15, -0.1) is 0 Å². The maximum Gasteiger partial charge on any atom is 0.311 e. The van der Waals surface area contributed by atoms with Crippen LogP contribution in [0.2, 0.25) is 0 Å². The Balaban J connectivity index is 2.75. The van der Waals surface area contributed by atoms with Gasteiger partial charge < -0.3 is 16.2 Å². The molecular formula is C11H14FN3O4. The summed E-state index contributed by atoms with van der Waals surface area (Å²) >= 11 is 0. The second kappa shape index (κ2) is 5.61. The Labute approximate surface area is 108 Å². The van der Waals surface area contributed by atoms with Gasteiger partial charge in [-0.3, -0.25) is 14.9 Å². The van der Waals surface area contributed by atoms with Gasteiger partial charge in [-0.2, -0.15) is 0 Å². The molecule has 19 heavy (non-hydrogen) atoms. The van der Waals surface area contributed by atoms with Crippen molar-refractivity contribution in [3.63, 3.8) is 0 Å². The van der Waals surface area contributed by atoms with E-state index in [9.17, 15) is 19.3 Å². The Morgan fingerprint density at radius 2 is 2.21 bits per heavy atom. The van der Waals surface area contributed by atoms with E-state index >= 15 is 0 Å². The molecule has 0 aliphatic carbocycles. The number of hydrogen-bond acceptors (Lipinski definition) is 5. The van der Waals surface area contributed by atoms with Crippen molar-refractivity contribution in [3.8, 4) is 5.75 Å². The molecule has 1 amide bonds. The molecule has 0 spiro atoms. The van der Waals surface area contributed by atoms with Crippen LogP contribution in [0, 0.1) is 15.9 Å². The van der Waals surface area contributed by atoms with Gasteiger partial charge in [-0.1, -0.05) is 0 Å². The van der Waals surface area contributed by atoms with Crippen LogP contribution in [0.5, 0.6) is 5.75 Å². The van der Waals surface area contributed by atoms with Gasteiger partial charge in [-0.05, 0) is 13.0 Å². The van der Waals surface area contributed by atoms with E-state index < -0.39 is 22.2 Å². The van der Waals surface area contributed by atoms with E-state index in [1.54, 1.807) is 0 Å². The van der Waals surface area contributed by atoms with Crippen molar-refractivity contribution < 1.29 is 18.8 Å². The number of benzene rings is 1. The molecule has 0 saturated heterocycles. The van der Waals surface area contributed by atoms with Gasteiger partial charge in [0.2, 0.25) is 5.91 Å². The highest BCUT2D eigenvalue weighted by atomic mass is 19.1. The average Bonchev–Trinajstić information content (AvgIpc) is 2.28. The molecule has 1 unspecified atom stereocenters. The lowest BCUT2D eigenvalue weighted by Crippen LogP contribution is -2.50. The van der Waals surface area contributed by atoms with Gasteiger partial charge in [0.15, 0.2) is 5.75 Å². The molecule has 104 valence electrons. The third-order valence-corrected chi connectivity index (χ3v) is 2.56. The van der Waals surface area contributed by atoms with E-state index in [1.165, 1.54) is 6.92 Å². The number of nitro groups is 1. The van der Waals surface area contributed by atoms with Crippen LogP contribution >= 0.6 is 0 Å². The van der Waals surface area contributed by atoms with Crippen molar-refractivity contribution in [3.05, 3.63) is 34.1 Å². The predicted molar refractivity (Wildman–Crippen MR) is 65.0 cm³/mol. The first-order chi connectivity index (χ1) is 8.74. The molecule has 0 aliphatic rings. The van der Waals surface area contributed by atoms with Crippen LogP contribution in [0.15, 0.2) is 18.2 Å². The van der Waals surface area contributed by atoms with E-state index in [2.05, 4.69) is 0 Å². The topological polar surface area (TPSA) is 121 Å². The van der Waals surface area contributed by atoms with Crippen LogP contribution in [0.3, 0.4) is 0 Å². The molecule has 7 nitrogen and oxygen atoms in total. The molecule has 8 heteroatoms. The van der Waals surface area contributed by atoms with E-state index in [-0.39, 0.29) is 24.5 Å². The summed E-state index contributed by atoms with van der Waals surface area (Å²) in [6.45, 7) is 1.32. The minimum Gasteiger partial charge on any atom is -0.487 e. The lowest BCUT2D eigenvalue weighted by molar-refractivity contribution is -0.385. The molecule has 1 rings (SSSR count). The molecular weight excluding hydrogens is 257 g/mol. The number of primary amides is 1.